The molecular weight excluding hydrogens is 400 g/mol. The Morgan fingerprint density at radius 2 is 1.92 bits per heavy atom. The van der Waals surface area contributed by atoms with Crippen LogP contribution in [0.2, 0.25) is 0 Å². The van der Waals surface area contributed by atoms with Crippen LogP contribution in [0.15, 0.2) is 40.9 Å². The molecule has 0 unspecified atom stereocenters. The third kappa shape index (κ3) is 6.01. The van der Waals surface area contributed by atoms with E-state index in [2.05, 4.69) is 26.6 Å². The molecule has 26 heavy (non-hydrogen) atoms. The molecule has 0 atom stereocenters. The molecule has 0 fully saturated rings. The number of aliphatic hydroxyl groups is 1. The molecule has 0 aliphatic heterocycles. The summed E-state index contributed by atoms with van der Waals surface area (Å²) >= 11 is 3.49. The molecule has 2 rings (SSSR count). The lowest BCUT2D eigenvalue weighted by molar-refractivity contribution is -0.118. The van der Waals surface area contributed by atoms with Crippen molar-refractivity contribution in [2.45, 2.75) is 13.5 Å². The highest BCUT2D eigenvalue weighted by Crippen LogP contribution is 2.33. The minimum atomic E-state index is -0.249. The number of benzene rings is 2. The predicted molar refractivity (Wildman–Crippen MR) is 105 cm³/mol. The Labute approximate surface area is 161 Å². The Hall–Kier alpha value is -2.09. The third-order valence-corrected chi connectivity index (χ3v) is 4.37. The minimum Gasteiger partial charge on any atom is -0.493 e. The second-order valence-corrected chi connectivity index (χ2v) is 6.55. The maximum atomic E-state index is 12.1. The van der Waals surface area contributed by atoms with Crippen LogP contribution in [-0.4, -0.2) is 37.9 Å². The number of methoxy groups -OCH3 is 1. The lowest BCUT2D eigenvalue weighted by atomic mass is 10.2. The van der Waals surface area contributed by atoms with E-state index in [0.717, 1.165) is 21.3 Å². The van der Waals surface area contributed by atoms with Gasteiger partial charge in [0.2, 0.25) is 0 Å². The molecule has 0 spiro atoms. The lowest BCUT2D eigenvalue weighted by Gasteiger charge is -2.14. The molecule has 0 heterocycles. The molecule has 2 aromatic rings. The van der Waals surface area contributed by atoms with Crippen LogP contribution in [0, 0.1) is 6.92 Å². The van der Waals surface area contributed by atoms with E-state index in [4.69, 9.17) is 14.6 Å². The minimum absolute atomic E-state index is 0.0754. The molecule has 0 aliphatic rings. The Kier molecular flexibility index (Phi) is 7.90. The number of halogens is 1. The normalized spacial score (nSPS) is 10.5. The van der Waals surface area contributed by atoms with Gasteiger partial charge in [0.15, 0.2) is 18.1 Å². The van der Waals surface area contributed by atoms with Gasteiger partial charge in [-0.15, -0.1) is 0 Å². The van der Waals surface area contributed by atoms with E-state index < -0.39 is 0 Å². The van der Waals surface area contributed by atoms with Gasteiger partial charge in [0, 0.05) is 23.2 Å². The fourth-order valence-corrected chi connectivity index (χ4v) is 2.73. The Bertz CT molecular complexity index is 735. The fourth-order valence-electron chi connectivity index (χ4n) is 2.26. The zero-order valence-corrected chi connectivity index (χ0v) is 16.4. The van der Waals surface area contributed by atoms with Crippen LogP contribution in [0.3, 0.4) is 0 Å². The van der Waals surface area contributed by atoms with Crippen LogP contribution in [0.5, 0.6) is 11.5 Å². The summed E-state index contributed by atoms with van der Waals surface area (Å²) < 4.78 is 11.8. The zero-order chi connectivity index (χ0) is 18.9. The topological polar surface area (TPSA) is 79.8 Å². The average Bonchev–Trinajstić information content (AvgIpc) is 2.63. The smallest absolute Gasteiger partial charge is 0.262 e. The van der Waals surface area contributed by atoms with Crippen LogP contribution >= 0.6 is 15.9 Å². The highest BCUT2D eigenvalue weighted by Gasteiger charge is 2.12. The maximum Gasteiger partial charge on any atom is 0.262 e. The summed E-state index contributed by atoms with van der Waals surface area (Å²) in [5.41, 5.74) is 2.82. The Balaban J connectivity index is 1.98. The number of rotatable bonds is 9. The van der Waals surface area contributed by atoms with E-state index in [9.17, 15) is 4.79 Å². The van der Waals surface area contributed by atoms with Crippen molar-refractivity contribution in [1.29, 1.82) is 0 Å². The maximum absolute atomic E-state index is 12.1. The first-order valence-corrected chi connectivity index (χ1v) is 9.00. The summed E-state index contributed by atoms with van der Waals surface area (Å²) in [6.07, 6.45) is 0. The van der Waals surface area contributed by atoms with Crippen molar-refractivity contribution in [1.82, 2.24) is 5.32 Å². The number of nitrogens with one attached hydrogen (secondary N) is 2. The molecule has 6 nitrogen and oxygen atoms in total. The molecule has 7 heteroatoms. The number of carbonyl (C=O) groups is 1. The van der Waals surface area contributed by atoms with Crippen molar-refractivity contribution >= 4 is 27.5 Å². The highest BCUT2D eigenvalue weighted by molar-refractivity contribution is 9.10. The number of aliphatic hydroxyl groups excluding tert-OH is 1. The van der Waals surface area contributed by atoms with E-state index >= 15 is 0 Å². The van der Waals surface area contributed by atoms with Crippen molar-refractivity contribution in [3.8, 4) is 11.5 Å². The molecule has 140 valence electrons. The SMILES string of the molecule is COc1cc(CNCCO)c(Br)cc1OCC(=O)Nc1ccc(C)cc1. The van der Waals surface area contributed by atoms with E-state index in [1.165, 1.54) is 0 Å². The van der Waals surface area contributed by atoms with Crippen LogP contribution in [0.4, 0.5) is 5.69 Å². The van der Waals surface area contributed by atoms with Gasteiger partial charge in [0.05, 0.1) is 13.7 Å². The largest absolute Gasteiger partial charge is 0.493 e. The van der Waals surface area contributed by atoms with Gasteiger partial charge in [0.25, 0.3) is 5.91 Å². The molecule has 1 amide bonds. The quantitative estimate of drug-likeness (QED) is 0.541. The first-order valence-electron chi connectivity index (χ1n) is 8.20. The molecule has 0 radical (unpaired) electrons. The average molecular weight is 423 g/mol. The summed E-state index contributed by atoms with van der Waals surface area (Å²) in [5.74, 6) is 0.766. The molecule has 0 bridgehead atoms. The van der Waals surface area contributed by atoms with Gasteiger partial charge in [-0.1, -0.05) is 33.6 Å². The van der Waals surface area contributed by atoms with E-state index in [1.807, 2.05) is 37.3 Å². The van der Waals surface area contributed by atoms with Gasteiger partial charge in [-0.05, 0) is 36.8 Å². The summed E-state index contributed by atoms with van der Waals surface area (Å²) in [5, 5.41) is 14.7. The zero-order valence-electron chi connectivity index (χ0n) is 14.8. The number of aryl methyl sites for hydroxylation is 1. The van der Waals surface area contributed by atoms with Crippen molar-refractivity contribution in [2.75, 3.05) is 32.2 Å². The molecule has 0 aliphatic carbocycles. The third-order valence-electron chi connectivity index (χ3n) is 3.63. The van der Waals surface area contributed by atoms with Gasteiger partial charge in [-0.3, -0.25) is 4.79 Å². The molecule has 0 aromatic heterocycles. The van der Waals surface area contributed by atoms with Crippen LogP contribution < -0.4 is 20.1 Å². The first kappa shape index (κ1) is 20.2. The van der Waals surface area contributed by atoms with Crippen molar-refractivity contribution in [3.63, 3.8) is 0 Å². The van der Waals surface area contributed by atoms with Crippen molar-refractivity contribution < 1.29 is 19.4 Å². The first-order chi connectivity index (χ1) is 12.5. The molecule has 2 aromatic carbocycles. The van der Waals surface area contributed by atoms with Gasteiger partial charge in [0.1, 0.15) is 0 Å². The van der Waals surface area contributed by atoms with E-state index in [-0.39, 0.29) is 19.1 Å². The lowest BCUT2D eigenvalue weighted by Crippen LogP contribution is -2.20. The Morgan fingerprint density at radius 1 is 1.19 bits per heavy atom. The number of amides is 1. The summed E-state index contributed by atoms with van der Waals surface area (Å²) in [6, 6.07) is 11.2. The van der Waals surface area contributed by atoms with Crippen LogP contribution in [0.1, 0.15) is 11.1 Å². The number of carbonyl (C=O) groups excluding carboxylic acids is 1. The van der Waals surface area contributed by atoms with Gasteiger partial charge < -0.3 is 25.2 Å². The number of anilines is 1. The van der Waals surface area contributed by atoms with Gasteiger partial charge in [-0.2, -0.15) is 0 Å². The standard InChI is InChI=1S/C19H23BrN2O4/c1-13-3-5-15(6-4-13)22-19(24)12-26-18-10-16(20)14(9-17(18)25-2)11-21-7-8-23/h3-6,9-10,21,23H,7-8,11-12H2,1-2H3,(H,22,24). The van der Waals surface area contributed by atoms with Crippen molar-refractivity contribution in [3.05, 3.63) is 52.0 Å². The van der Waals surface area contributed by atoms with Gasteiger partial charge >= 0.3 is 0 Å². The number of hydrogen-bond acceptors (Lipinski definition) is 5. The predicted octanol–water partition coefficient (Wildman–Crippen LogP) is 2.87. The van der Waals surface area contributed by atoms with E-state index in [0.29, 0.717) is 24.6 Å². The molecular formula is C19H23BrN2O4. The molecule has 3 N–H and O–H groups in total. The molecule has 0 saturated heterocycles. The molecule has 0 saturated carbocycles. The Morgan fingerprint density at radius 3 is 2.58 bits per heavy atom. The van der Waals surface area contributed by atoms with E-state index in [1.54, 1.807) is 13.2 Å². The summed E-state index contributed by atoms with van der Waals surface area (Å²) in [4.78, 5) is 12.1. The highest BCUT2D eigenvalue weighted by atomic mass is 79.9. The van der Waals surface area contributed by atoms with Crippen LogP contribution in [0.25, 0.3) is 0 Å². The summed E-state index contributed by atoms with van der Waals surface area (Å²) in [7, 11) is 1.55. The monoisotopic (exact) mass is 422 g/mol. The number of hydrogen-bond donors (Lipinski definition) is 3. The van der Waals surface area contributed by atoms with Crippen molar-refractivity contribution in [2.24, 2.45) is 0 Å². The fraction of sp³-hybridized carbons (Fsp3) is 0.316. The van der Waals surface area contributed by atoms with Gasteiger partial charge in [-0.25, -0.2) is 0 Å². The second-order valence-electron chi connectivity index (χ2n) is 5.70. The summed E-state index contributed by atoms with van der Waals surface area (Å²) in [6.45, 7) is 3.02. The van der Waals surface area contributed by atoms with Crippen LogP contribution in [-0.2, 0) is 11.3 Å². The number of ether oxygens (including phenoxy) is 2. The second kappa shape index (κ2) is 10.2.